The summed E-state index contributed by atoms with van der Waals surface area (Å²) >= 11 is 6.19. The Morgan fingerprint density at radius 1 is 1.10 bits per heavy atom. The summed E-state index contributed by atoms with van der Waals surface area (Å²) in [7, 11) is 0. The van der Waals surface area contributed by atoms with Gasteiger partial charge in [0, 0.05) is 5.69 Å². The minimum Gasteiger partial charge on any atom is -0.482 e. The van der Waals surface area contributed by atoms with Gasteiger partial charge in [-0.15, -0.1) is 0 Å². The number of urea groups is 1. The molecule has 9 heteroatoms. The van der Waals surface area contributed by atoms with Crippen LogP contribution in [0.3, 0.4) is 0 Å². The zero-order valence-electron chi connectivity index (χ0n) is 16.2. The molecular formula is C21H18ClN3O5. The Labute approximate surface area is 177 Å². The predicted octanol–water partition coefficient (Wildman–Crippen LogP) is 2.72. The summed E-state index contributed by atoms with van der Waals surface area (Å²) in [5.41, 5.74) is 2.96. The van der Waals surface area contributed by atoms with Crippen LogP contribution in [0.2, 0.25) is 5.02 Å². The Hall–Kier alpha value is -3.65. The number of benzene rings is 2. The smallest absolute Gasteiger partial charge is 0.328 e. The van der Waals surface area contributed by atoms with Crippen molar-refractivity contribution in [3.05, 3.63) is 63.7 Å². The molecular weight excluding hydrogens is 410 g/mol. The molecule has 0 unspecified atom stereocenters. The van der Waals surface area contributed by atoms with Crippen molar-refractivity contribution in [2.75, 3.05) is 11.9 Å². The molecule has 154 valence electrons. The van der Waals surface area contributed by atoms with Gasteiger partial charge in [-0.25, -0.2) is 4.79 Å². The molecule has 0 radical (unpaired) electrons. The third-order valence-corrected chi connectivity index (χ3v) is 4.74. The number of hydrogen-bond donors (Lipinski definition) is 3. The number of rotatable bonds is 5. The number of nitrogens with one attached hydrogen (secondary N) is 3. The average Bonchev–Trinajstić information content (AvgIpc) is 2.67. The standard InChI is InChI=1S/C21H18ClN3O5/c1-11-4-3-5-16(12(11)2)23-18(26)10-30-17-7-6-13(9-15(17)22)8-14-19(27)24-21(29)25-20(14)28/h3-9H,10H2,1-2H3,(H,23,26)(H2,24,25,27,28,29). The monoisotopic (exact) mass is 427 g/mol. The van der Waals surface area contributed by atoms with E-state index in [0.717, 1.165) is 11.1 Å². The van der Waals surface area contributed by atoms with Gasteiger partial charge in [0.15, 0.2) is 6.61 Å². The number of amides is 5. The van der Waals surface area contributed by atoms with Gasteiger partial charge in [0.1, 0.15) is 11.3 Å². The van der Waals surface area contributed by atoms with Crippen LogP contribution in [-0.4, -0.2) is 30.4 Å². The van der Waals surface area contributed by atoms with E-state index in [9.17, 15) is 19.2 Å². The number of hydrogen-bond acceptors (Lipinski definition) is 5. The van der Waals surface area contributed by atoms with Gasteiger partial charge in [0.2, 0.25) is 0 Å². The van der Waals surface area contributed by atoms with Gasteiger partial charge in [-0.2, -0.15) is 0 Å². The van der Waals surface area contributed by atoms with Crippen molar-refractivity contribution in [3.63, 3.8) is 0 Å². The van der Waals surface area contributed by atoms with E-state index in [1.807, 2.05) is 36.6 Å². The van der Waals surface area contributed by atoms with E-state index in [2.05, 4.69) is 5.32 Å². The summed E-state index contributed by atoms with van der Waals surface area (Å²) in [6.07, 6.45) is 1.29. The van der Waals surface area contributed by atoms with Crippen molar-refractivity contribution in [2.45, 2.75) is 13.8 Å². The molecule has 1 aliphatic heterocycles. The van der Waals surface area contributed by atoms with E-state index in [1.165, 1.54) is 18.2 Å². The molecule has 1 aliphatic rings. The maximum Gasteiger partial charge on any atom is 0.328 e. The quantitative estimate of drug-likeness (QED) is 0.501. The lowest BCUT2D eigenvalue weighted by Crippen LogP contribution is -2.51. The molecule has 1 heterocycles. The van der Waals surface area contributed by atoms with Gasteiger partial charge < -0.3 is 10.1 Å². The van der Waals surface area contributed by atoms with Gasteiger partial charge in [-0.1, -0.05) is 29.8 Å². The lowest BCUT2D eigenvalue weighted by Gasteiger charge is -2.14. The second-order valence-corrected chi connectivity index (χ2v) is 6.98. The molecule has 1 saturated heterocycles. The van der Waals surface area contributed by atoms with Crippen LogP contribution in [0.25, 0.3) is 6.08 Å². The third-order valence-electron chi connectivity index (χ3n) is 4.45. The van der Waals surface area contributed by atoms with Crippen LogP contribution in [0.4, 0.5) is 10.5 Å². The van der Waals surface area contributed by atoms with Crippen molar-refractivity contribution >= 4 is 47.1 Å². The summed E-state index contributed by atoms with van der Waals surface area (Å²) in [4.78, 5) is 46.8. The Morgan fingerprint density at radius 2 is 1.80 bits per heavy atom. The Balaban J connectivity index is 1.66. The van der Waals surface area contributed by atoms with Crippen molar-refractivity contribution in [2.24, 2.45) is 0 Å². The predicted molar refractivity (Wildman–Crippen MR) is 111 cm³/mol. The largest absolute Gasteiger partial charge is 0.482 e. The van der Waals surface area contributed by atoms with Gasteiger partial charge in [0.05, 0.1) is 5.02 Å². The van der Waals surface area contributed by atoms with E-state index in [-0.39, 0.29) is 28.9 Å². The fraction of sp³-hybridized carbons (Fsp3) is 0.143. The van der Waals surface area contributed by atoms with Crippen LogP contribution in [0.15, 0.2) is 42.0 Å². The van der Waals surface area contributed by atoms with Crippen LogP contribution in [0, 0.1) is 13.8 Å². The number of carbonyl (C=O) groups excluding carboxylic acids is 4. The molecule has 3 N–H and O–H groups in total. The second kappa shape index (κ2) is 8.79. The number of halogens is 1. The average molecular weight is 428 g/mol. The van der Waals surface area contributed by atoms with E-state index >= 15 is 0 Å². The normalized spacial score (nSPS) is 13.4. The molecule has 0 aliphatic carbocycles. The second-order valence-electron chi connectivity index (χ2n) is 6.57. The molecule has 3 rings (SSSR count). The van der Waals surface area contributed by atoms with Crippen LogP contribution in [0.1, 0.15) is 16.7 Å². The summed E-state index contributed by atoms with van der Waals surface area (Å²) in [6.45, 7) is 3.62. The molecule has 2 aromatic rings. The van der Waals surface area contributed by atoms with Crippen LogP contribution < -0.4 is 20.7 Å². The first kappa shape index (κ1) is 21.1. The molecule has 8 nitrogen and oxygen atoms in total. The molecule has 0 saturated carbocycles. The fourth-order valence-corrected chi connectivity index (χ4v) is 2.96. The van der Waals surface area contributed by atoms with Crippen molar-refractivity contribution in [1.29, 1.82) is 0 Å². The third kappa shape index (κ3) is 4.84. The van der Waals surface area contributed by atoms with Gasteiger partial charge in [-0.3, -0.25) is 25.0 Å². The Morgan fingerprint density at radius 3 is 2.47 bits per heavy atom. The highest BCUT2D eigenvalue weighted by Crippen LogP contribution is 2.27. The van der Waals surface area contributed by atoms with E-state index in [4.69, 9.17) is 16.3 Å². The number of barbiturate groups is 1. The molecule has 1 fully saturated rings. The van der Waals surface area contributed by atoms with E-state index < -0.39 is 17.8 Å². The Kier molecular flexibility index (Phi) is 6.17. The van der Waals surface area contributed by atoms with E-state index in [0.29, 0.717) is 11.3 Å². The minimum absolute atomic E-state index is 0.191. The maximum absolute atomic E-state index is 12.2. The zero-order valence-corrected chi connectivity index (χ0v) is 16.9. The molecule has 5 amide bonds. The lowest BCUT2D eigenvalue weighted by molar-refractivity contribution is -0.124. The fourth-order valence-electron chi connectivity index (χ4n) is 2.71. The molecule has 0 aromatic heterocycles. The highest BCUT2D eigenvalue weighted by molar-refractivity contribution is 6.33. The molecule has 0 spiro atoms. The summed E-state index contributed by atoms with van der Waals surface area (Å²) in [6, 6.07) is 9.30. The lowest BCUT2D eigenvalue weighted by atomic mass is 10.1. The van der Waals surface area contributed by atoms with Crippen molar-refractivity contribution < 1.29 is 23.9 Å². The number of aryl methyl sites for hydroxylation is 1. The van der Waals surface area contributed by atoms with Crippen LogP contribution in [-0.2, 0) is 14.4 Å². The summed E-state index contributed by atoms with van der Waals surface area (Å²) in [5, 5.41) is 6.95. The van der Waals surface area contributed by atoms with Gasteiger partial charge in [0.25, 0.3) is 17.7 Å². The Bertz CT molecular complexity index is 1070. The first-order valence-electron chi connectivity index (χ1n) is 8.91. The van der Waals surface area contributed by atoms with Gasteiger partial charge >= 0.3 is 6.03 Å². The van der Waals surface area contributed by atoms with Crippen LogP contribution in [0.5, 0.6) is 5.75 Å². The highest BCUT2D eigenvalue weighted by atomic mass is 35.5. The number of imide groups is 2. The molecule has 30 heavy (non-hydrogen) atoms. The SMILES string of the molecule is Cc1cccc(NC(=O)COc2ccc(C=C3C(=O)NC(=O)NC3=O)cc2Cl)c1C. The van der Waals surface area contributed by atoms with Crippen molar-refractivity contribution in [3.8, 4) is 5.75 Å². The first-order valence-corrected chi connectivity index (χ1v) is 9.29. The summed E-state index contributed by atoms with van der Waals surface area (Å²) in [5.74, 6) is -1.68. The van der Waals surface area contributed by atoms with Gasteiger partial charge in [-0.05, 0) is 54.8 Å². The maximum atomic E-state index is 12.2. The minimum atomic E-state index is -0.872. The summed E-state index contributed by atoms with van der Waals surface area (Å²) < 4.78 is 5.47. The van der Waals surface area contributed by atoms with Crippen LogP contribution >= 0.6 is 11.6 Å². The zero-order chi connectivity index (χ0) is 21.8. The number of carbonyl (C=O) groups is 4. The van der Waals surface area contributed by atoms with Crippen molar-refractivity contribution in [1.82, 2.24) is 10.6 Å². The number of ether oxygens (including phenoxy) is 1. The number of anilines is 1. The topological polar surface area (TPSA) is 114 Å². The van der Waals surface area contributed by atoms with E-state index in [1.54, 1.807) is 12.1 Å². The first-order chi connectivity index (χ1) is 14.2. The molecule has 2 aromatic carbocycles. The highest BCUT2D eigenvalue weighted by Gasteiger charge is 2.27. The molecule has 0 bridgehead atoms. The molecule has 0 atom stereocenters.